The molecule has 1 aromatic rings. The Morgan fingerprint density at radius 2 is 2.22 bits per heavy atom. The molecule has 100 valence electrons. The Labute approximate surface area is 106 Å². The van der Waals surface area contributed by atoms with E-state index in [2.05, 4.69) is 10.2 Å². The van der Waals surface area contributed by atoms with E-state index in [1.54, 1.807) is 6.92 Å². The lowest BCUT2D eigenvalue weighted by Gasteiger charge is -2.24. The van der Waals surface area contributed by atoms with Crippen LogP contribution in [0.1, 0.15) is 24.7 Å². The molecule has 0 saturated carbocycles. The summed E-state index contributed by atoms with van der Waals surface area (Å²) >= 11 is 0. The van der Waals surface area contributed by atoms with Gasteiger partial charge in [0.05, 0.1) is 12.3 Å². The summed E-state index contributed by atoms with van der Waals surface area (Å²) in [6.07, 6.45) is 2.65. The van der Waals surface area contributed by atoms with Crippen LogP contribution in [-0.2, 0) is 16.6 Å². The number of sulfonamides is 1. The predicted molar refractivity (Wildman–Crippen MR) is 66.4 cm³/mol. The van der Waals surface area contributed by atoms with Gasteiger partial charge in [-0.3, -0.25) is 5.10 Å². The first-order chi connectivity index (χ1) is 8.46. The van der Waals surface area contributed by atoms with E-state index in [1.165, 1.54) is 9.88 Å². The van der Waals surface area contributed by atoms with Crippen LogP contribution in [0.15, 0.2) is 16.5 Å². The van der Waals surface area contributed by atoms with E-state index in [0.29, 0.717) is 18.8 Å². The molecular formula is C11H17N3O3S. The summed E-state index contributed by atoms with van der Waals surface area (Å²) in [6, 6.07) is 0. The summed E-state index contributed by atoms with van der Waals surface area (Å²) in [5.74, 6) is 0. The van der Waals surface area contributed by atoms with E-state index in [4.69, 9.17) is 5.11 Å². The van der Waals surface area contributed by atoms with Crippen LogP contribution < -0.4 is 0 Å². The van der Waals surface area contributed by atoms with Gasteiger partial charge in [-0.15, -0.1) is 0 Å². The highest BCUT2D eigenvalue weighted by Gasteiger charge is 2.30. The molecule has 2 heterocycles. The predicted octanol–water partition coefficient (Wildman–Crippen LogP) is 0.551. The summed E-state index contributed by atoms with van der Waals surface area (Å²) in [7, 11) is -3.58. The molecule has 1 aliphatic rings. The number of aromatic nitrogens is 2. The minimum atomic E-state index is -3.58. The van der Waals surface area contributed by atoms with Gasteiger partial charge in [0.25, 0.3) is 0 Å². The molecule has 0 amide bonds. The molecule has 0 unspecified atom stereocenters. The lowest BCUT2D eigenvalue weighted by molar-refractivity contribution is 0.273. The van der Waals surface area contributed by atoms with Crippen molar-refractivity contribution < 1.29 is 13.5 Å². The van der Waals surface area contributed by atoms with Crippen LogP contribution in [-0.4, -0.2) is 41.1 Å². The quantitative estimate of drug-likeness (QED) is 0.786. The zero-order valence-electron chi connectivity index (χ0n) is 10.5. The van der Waals surface area contributed by atoms with Gasteiger partial charge in [0.2, 0.25) is 10.0 Å². The van der Waals surface area contributed by atoms with E-state index in [9.17, 15) is 8.42 Å². The van der Waals surface area contributed by atoms with Crippen molar-refractivity contribution in [1.82, 2.24) is 14.5 Å². The SMILES string of the molecule is CC1=CCN(S(=O)(=O)c2c(CO)n[nH]c2C)CC1. The normalized spacial score (nSPS) is 17.8. The fourth-order valence-electron chi connectivity index (χ4n) is 2.02. The Morgan fingerprint density at radius 3 is 2.78 bits per heavy atom. The van der Waals surface area contributed by atoms with Crippen LogP contribution in [0, 0.1) is 6.92 Å². The van der Waals surface area contributed by atoms with Gasteiger partial charge < -0.3 is 5.11 Å². The maximum absolute atomic E-state index is 12.5. The topological polar surface area (TPSA) is 86.3 Å². The Morgan fingerprint density at radius 1 is 1.50 bits per heavy atom. The molecule has 6 nitrogen and oxygen atoms in total. The zero-order chi connectivity index (χ0) is 13.3. The Hall–Kier alpha value is -1.18. The molecule has 0 aliphatic carbocycles. The van der Waals surface area contributed by atoms with Gasteiger partial charge in [-0.2, -0.15) is 9.40 Å². The summed E-state index contributed by atoms with van der Waals surface area (Å²) in [5.41, 5.74) is 1.84. The minimum absolute atomic E-state index is 0.109. The molecule has 18 heavy (non-hydrogen) atoms. The first-order valence-electron chi connectivity index (χ1n) is 5.77. The summed E-state index contributed by atoms with van der Waals surface area (Å²) < 4.78 is 26.4. The van der Waals surface area contributed by atoms with Crippen molar-refractivity contribution in [2.24, 2.45) is 0 Å². The van der Waals surface area contributed by atoms with E-state index in [1.807, 2.05) is 13.0 Å². The molecule has 1 aromatic heterocycles. The standard InChI is InChI=1S/C11H17N3O3S/c1-8-3-5-14(6-4-8)18(16,17)11-9(2)12-13-10(11)7-15/h3,15H,4-7H2,1-2H3,(H,12,13). The van der Waals surface area contributed by atoms with Crippen LogP contribution in [0.2, 0.25) is 0 Å². The summed E-state index contributed by atoms with van der Waals surface area (Å²) in [6.45, 7) is 4.10. The number of aryl methyl sites for hydroxylation is 1. The number of hydrogen-bond acceptors (Lipinski definition) is 4. The number of nitrogens with one attached hydrogen (secondary N) is 1. The first-order valence-corrected chi connectivity index (χ1v) is 7.21. The van der Waals surface area contributed by atoms with Crippen molar-refractivity contribution in [3.63, 3.8) is 0 Å². The van der Waals surface area contributed by atoms with Crippen molar-refractivity contribution >= 4 is 10.0 Å². The van der Waals surface area contributed by atoms with Crippen molar-refractivity contribution in [3.05, 3.63) is 23.0 Å². The van der Waals surface area contributed by atoms with E-state index < -0.39 is 10.0 Å². The molecule has 2 N–H and O–H groups in total. The Kier molecular flexibility index (Phi) is 3.56. The van der Waals surface area contributed by atoms with Crippen molar-refractivity contribution in [3.8, 4) is 0 Å². The highest BCUT2D eigenvalue weighted by atomic mass is 32.2. The number of aliphatic hydroxyl groups is 1. The van der Waals surface area contributed by atoms with Gasteiger partial charge in [-0.1, -0.05) is 11.6 Å². The Bertz CT molecular complexity index is 574. The van der Waals surface area contributed by atoms with Gasteiger partial charge in [0, 0.05) is 13.1 Å². The van der Waals surface area contributed by atoms with Crippen molar-refractivity contribution in [1.29, 1.82) is 0 Å². The zero-order valence-corrected chi connectivity index (χ0v) is 11.3. The number of rotatable bonds is 3. The number of hydrogen-bond donors (Lipinski definition) is 2. The van der Waals surface area contributed by atoms with Gasteiger partial charge in [0.15, 0.2) is 0 Å². The maximum Gasteiger partial charge on any atom is 0.247 e. The lowest BCUT2D eigenvalue weighted by atomic mass is 10.1. The molecule has 0 radical (unpaired) electrons. The summed E-state index contributed by atoms with van der Waals surface area (Å²) in [4.78, 5) is 0.109. The van der Waals surface area contributed by atoms with Gasteiger partial charge in [-0.25, -0.2) is 8.42 Å². The third-order valence-corrected chi connectivity index (χ3v) is 5.18. The highest BCUT2D eigenvalue weighted by molar-refractivity contribution is 7.89. The molecule has 0 spiro atoms. The van der Waals surface area contributed by atoms with Crippen LogP contribution in [0.4, 0.5) is 0 Å². The number of aliphatic hydroxyl groups excluding tert-OH is 1. The largest absolute Gasteiger partial charge is 0.390 e. The molecule has 0 bridgehead atoms. The monoisotopic (exact) mass is 271 g/mol. The first kappa shape index (κ1) is 13.3. The molecular weight excluding hydrogens is 254 g/mol. The van der Waals surface area contributed by atoms with Crippen molar-refractivity contribution in [2.75, 3.05) is 13.1 Å². The van der Waals surface area contributed by atoms with Gasteiger partial charge in [0.1, 0.15) is 10.6 Å². The van der Waals surface area contributed by atoms with Crippen LogP contribution in [0.5, 0.6) is 0 Å². The fourth-order valence-corrected chi connectivity index (χ4v) is 3.72. The lowest BCUT2D eigenvalue weighted by Crippen LogP contribution is -2.35. The van der Waals surface area contributed by atoms with Crippen LogP contribution in [0.3, 0.4) is 0 Å². The average Bonchev–Trinajstić information content (AvgIpc) is 2.71. The van der Waals surface area contributed by atoms with E-state index in [-0.39, 0.29) is 17.2 Å². The second-order valence-electron chi connectivity index (χ2n) is 4.45. The minimum Gasteiger partial charge on any atom is -0.390 e. The molecule has 0 atom stereocenters. The van der Waals surface area contributed by atoms with Gasteiger partial charge in [-0.05, 0) is 20.3 Å². The third-order valence-electron chi connectivity index (χ3n) is 3.11. The summed E-state index contributed by atoms with van der Waals surface area (Å²) in [5, 5.41) is 15.6. The number of nitrogens with zero attached hydrogens (tertiary/aromatic N) is 2. The molecule has 0 fully saturated rings. The fraction of sp³-hybridized carbons (Fsp3) is 0.545. The van der Waals surface area contributed by atoms with Crippen molar-refractivity contribution in [2.45, 2.75) is 31.8 Å². The second-order valence-corrected chi connectivity index (χ2v) is 6.32. The van der Waals surface area contributed by atoms with Gasteiger partial charge >= 0.3 is 0 Å². The van der Waals surface area contributed by atoms with Crippen LogP contribution >= 0.6 is 0 Å². The van der Waals surface area contributed by atoms with Crippen LogP contribution in [0.25, 0.3) is 0 Å². The average molecular weight is 271 g/mol. The molecule has 1 aliphatic heterocycles. The second kappa shape index (κ2) is 4.83. The van der Waals surface area contributed by atoms with E-state index >= 15 is 0 Å². The molecule has 2 rings (SSSR count). The molecule has 7 heteroatoms. The highest BCUT2D eigenvalue weighted by Crippen LogP contribution is 2.24. The number of aromatic amines is 1. The Balaban J connectivity index is 2.40. The maximum atomic E-state index is 12.5. The number of H-pyrrole nitrogens is 1. The van der Waals surface area contributed by atoms with E-state index in [0.717, 1.165) is 6.42 Å². The third kappa shape index (κ3) is 2.21. The molecule has 0 aromatic carbocycles. The molecule has 0 saturated heterocycles. The smallest absolute Gasteiger partial charge is 0.247 e.